The summed E-state index contributed by atoms with van der Waals surface area (Å²) < 4.78 is 0. The van der Waals surface area contributed by atoms with Crippen LogP contribution >= 0.6 is 0 Å². The maximum Gasteiger partial charge on any atom is 0.293 e. The fourth-order valence-electron chi connectivity index (χ4n) is 0.991. The summed E-state index contributed by atoms with van der Waals surface area (Å²) >= 11 is 0. The minimum absolute atomic E-state index is 0.185. The van der Waals surface area contributed by atoms with Gasteiger partial charge in [-0.25, -0.2) is 10.9 Å². The molecule has 4 N–H and O–H groups in total. The largest absolute Gasteiger partial charge is 0.511 e. The molecule has 0 bridgehead atoms. The lowest BCUT2D eigenvalue weighted by Crippen LogP contribution is -2.37. The van der Waals surface area contributed by atoms with Crippen molar-refractivity contribution in [2.75, 3.05) is 0 Å². The Morgan fingerprint density at radius 2 is 2.08 bits per heavy atom. The molecule has 0 unspecified atom stereocenters. The highest BCUT2D eigenvalue weighted by Gasteiger charge is 2.39. The van der Waals surface area contributed by atoms with Gasteiger partial charge in [0.2, 0.25) is 0 Å². The van der Waals surface area contributed by atoms with Crippen LogP contribution in [0.15, 0.2) is 11.3 Å². The summed E-state index contributed by atoms with van der Waals surface area (Å²) in [6.45, 7) is 1.60. The SMILES string of the molecule is CCC(O)=C1C(=N)C(=O)N(N)C1=O. The Labute approximate surface area is 74.1 Å². The molecule has 0 atom stereocenters. The third kappa shape index (κ3) is 1.20. The molecule has 0 aromatic heterocycles. The van der Waals surface area contributed by atoms with E-state index in [-0.39, 0.29) is 17.8 Å². The molecule has 6 heteroatoms. The quantitative estimate of drug-likeness (QED) is 0.167. The normalized spacial score (nSPS) is 21.4. The van der Waals surface area contributed by atoms with Crippen LogP contribution in [0.3, 0.4) is 0 Å². The van der Waals surface area contributed by atoms with Crippen LogP contribution in [-0.4, -0.2) is 27.6 Å². The summed E-state index contributed by atoms with van der Waals surface area (Å²) in [5, 5.41) is 16.7. The molecule has 0 spiro atoms. The molecule has 6 nitrogen and oxygen atoms in total. The van der Waals surface area contributed by atoms with Crippen LogP contribution in [0.25, 0.3) is 0 Å². The first-order valence-electron chi connectivity index (χ1n) is 3.65. The van der Waals surface area contributed by atoms with Crippen molar-refractivity contribution in [2.45, 2.75) is 13.3 Å². The minimum atomic E-state index is -0.889. The predicted octanol–water partition coefficient (Wildman–Crippen LogP) is -0.529. The van der Waals surface area contributed by atoms with Gasteiger partial charge >= 0.3 is 0 Å². The molecular weight excluding hydrogens is 174 g/mol. The highest BCUT2D eigenvalue weighted by molar-refractivity contribution is 6.57. The molecule has 1 fully saturated rings. The number of hydrazine groups is 1. The summed E-state index contributed by atoms with van der Waals surface area (Å²) in [5.41, 5.74) is -0.846. The average Bonchev–Trinajstić information content (AvgIpc) is 2.30. The number of aliphatic hydroxyl groups is 1. The van der Waals surface area contributed by atoms with Gasteiger partial charge in [-0.2, -0.15) is 0 Å². The first kappa shape index (κ1) is 9.40. The number of nitrogens with two attached hydrogens (primary N) is 1. The van der Waals surface area contributed by atoms with Crippen LogP contribution in [0.2, 0.25) is 0 Å². The average molecular weight is 183 g/mol. The van der Waals surface area contributed by atoms with Crippen LogP contribution in [0.5, 0.6) is 0 Å². The first-order chi connectivity index (χ1) is 6.00. The lowest BCUT2D eigenvalue weighted by Gasteiger charge is -2.01. The van der Waals surface area contributed by atoms with Crippen molar-refractivity contribution in [2.24, 2.45) is 5.84 Å². The van der Waals surface area contributed by atoms with E-state index in [0.29, 0.717) is 5.01 Å². The van der Waals surface area contributed by atoms with E-state index in [0.717, 1.165) is 0 Å². The topological polar surface area (TPSA) is 107 Å². The third-order valence-corrected chi connectivity index (χ3v) is 1.74. The van der Waals surface area contributed by atoms with Crippen LogP contribution in [0, 0.1) is 5.41 Å². The molecule has 13 heavy (non-hydrogen) atoms. The molecule has 1 rings (SSSR count). The van der Waals surface area contributed by atoms with Crippen LogP contribution in [0.4, 0.5) is 0 Å². The van der Waals surface area contributed by atoms with Gasteiger partial charge in [0.1, 0.15) is 17.0 Å². The van der Waals surface area contributed by atoms with E-state index in [4.69, 9.17) is 11.3 Å². The zero-order valence-corrected chi connectivity index (χ0v) is 7.00. The number of carbonyl (C=O) groups is 2. The lowest BCUT2D eigenvalue weighted by molar-refractivity contribution is -0.136. The number of allylic oxidation sites excluding steroid dienone is 1. The molecule has 0 aromatic carbocycles. The second-order valence-corrected chi connectivity index (χ2v) is 2.53. The Morgan fingerprint density at radius 3 is 2.38 bits per heavy atom. The fourth-order valence-corrected chi connectivity index (χ4v) is 0.991. The van der Waals surface area contributed by atoms with Crippen molar-refractivity contribution < 1.29 is 14.7 Å². The monoisotopic (exact) mass is 183 g/mol. The molecule has 1 aliphatic heterocycles. The zero-order valence-electron chi connectivity index (χ0n) is 7.00. The van der Waals surface area contributed by atoms with Crippen molar-refractivity contribution in [3.63, 3.8) is 0 Å². The number of aliphatic hydroxyl groups excluding tert-OH is 1. The molecule has 2 amide bonds. The van der Waals surface area contributed by atoms with Crippen molar-refractivity contribution in [3.05, 3.63) is 11.3 Å². The molecule has 70 valence electrons. The molecule has 0 saturated carbocycles. The molecule has 0 aromatic rings. The van der Waals surface area contributed by atoms with Crippen molar-refractivity contribution in [1.82, 2.24) is 5.01 Å². The molecule has 0 radical (unpaired) electrons. The Morgan fingerprint density at radius 1 is 1.54 bits per heavy atom. The first-order valence-corrected chi connectivity index (χ1v) is 3.65. The summed E-state index contributed by atoms with van der Waals surface area (Å²) in [7, 11) is 0. The van der Waals surface area contributed by atoms with Gasteiger partial charge in [0.25, 0.3) is 11.8 Å². The minimum Gasteiger partial charge on any atom is -0.511 e. The van der Waals surface area contributed by atoms with E-state index >= 15 is 0 Å². The van der Waals surface area contributed by atoms with Gasteiger partial charge in [-0.05, 0) is 0 Å². The molecular formula is C7H9N3O3. The number of hydrogen-bond donors (Lipinski definition) is 3. The number of nitrogens with one attached hydrogen (secondary N) is 1. The molecule has 0 aliphatic carbocycles. The van der Waals surface area contributed by atoms with E-state index in [1.165, 1.54) is 0 Å². The summed E-state index contributed by atoms with van der Waals surface area (Å²) in [5.74, 6) is 3.05. The van der Waals surface area contributed by atoms with Gasteiger partial charge in [0.05, 0.1) is 0 Å². The number of hydrogen-bond acceptors (Lipinski definition) is 5. The van der Waals surface area contributed by atoms with Crippen LogP contribution in [0.1, 0.15) is 13.3 Å². The highest BCUT2D eigenvalue weighted by atomic mass is 16.3. The van der Waals surface area contributed by atoms with Gasteiger partial charge in [-0.15, -0.1) is 0 Å². The second kappa shape index (κ2) is 2.98. The van der Waals surface area contributed by atoms with E-state index in [1.54, 1.807) is 6.92 Å². The van der Waals surface area contributed by atoms with Gasteiger partial charge in [-0.1, -0.05) is 6.92 Å². The Hall–Kier alpha value is -1.69. The Bertz CT molecular complexity index is 332. The van der Waals surface area contributed by atoms with E-state index < -0.39 is 17.5 Å². The number of nitrogens with zero attached hydrogens (tertiary/aromatic N) is 1. The number of amides is 2. The summed E-state index contributed by atoms with van der Waals surface area (Å²) in [6.07, 6.45) is 0.185. The Balaban J connectivity index is 3.23. The summed E-state index contributed by atoms with van der Waals surface area (Å²) in [6, 6.07) is 0. The van der Waals surface area contributed by atoms with E-state index in [2.05, 4.69) is 0 Å². The van der Waals surface area contributed by atoms with Crippen molar-refractivity contribution >= 4 is 17.5 Å². The molecule has 1 aliphatic rings. The smallest absolute Gasteiger partial charge is 0.293 e. The molecule has 1 heterocycles. The van der Waals surface area contributed by atoms with Gasteiger partial charge in [0, 0.05) is 6.42 Å². The maximum absolute atomic E-state index is 11.1. The number of imide groups is 1. The number of rotatable bonds is 1. The van der Waals surface area contributed by atoms with E-state index in [1.807, 2.05) is 0 Å². The van der Waals surface area contributed by atoms with Gasteiger partial charge in [0.15, 0.2) is 0 Å². The van der Waals surface area contributed by atoms with Crippen LogP contribution in [-0.2, 0) is 9.59 Å². The van der Waals surface area contributed by atoms with Gasteiger partial charge in [-0.3, -0.25) is 15.0 Å². The van der Waals surface area contributed by atoms with Crippen molar-refractivity contribution in [3.8, 4) is 0 Å². The second-order valence-electron chi connectivity index (χ2n) is 2.53. The van der Waals surface area contributed by atoms with Crippen molar-refractivity contribution in [1.29, 1.82) is 5.41 Å². The fraction of sp³-hybridized carbons (Fsp3) is 0.286. The standard InChI is InChI=1S/C7H9N3O3/c1-2-3(11)4-5(8)7(13)10(9)6(4)12/h8,11H,2,9H2,1H3. The third-order valence-electron chi connectivity index (χ3n) is 1.74. The maximum atomic E-state index is 11.1. The van der Waals surface area contributed by atoms with Gasteiger partial charge < -0.3 is 5.11 Å². The highest BCUT2D eigenvalue weighted by Crippen LogP contribution is 2.16. The Kier molecular flexibility index (Phi) is 2.16. The van der Waals surface area contributed by atoms with Crippen LogP contribution < -0.4 is 5.84 Å². The predicted molar refractivity (Wildman–Crippen MR) is 43.7 cm³/mol. The number of carbonyl (C=O) groups excluding carboxylic acids is 2. The van der Waals surface area contributed by atoms with E-state index in [9.17, 15) is 14.7 Å². The summed E-state index contributed by atoms with van der Waals surface area (Å²) in [4.78, 5) is 22.1. The lowest BCUT2D eigenvalue weighted by atomic mass is 10.1. The molecule has 1 saturated heterocycles. The zero-order chi connectivity index (χ0) is 10.2.